The summed E-state index contributed by atoms with van der Waals surface area (Å²) in [5.41, 5.74) is 4.26. The first-order valence-electron chi connectivity index (χ1n) is 8.44. The number of rotatable bonds is 9. The molecule has 1 aromatic carbocycles. The summed E-state index contributed by atoms with van der Waals surface area (Å²) in [6.07, 6.45) is 2.55. The van der Waals surface area contributed by atoms with Crippen LogP contribution >= 0.6 is 27.3 Å². The highest BCUT2D eigenvalue weighted by atomic mass is 79.9. The van der Waals surface area contributed by atoms with E-state index in [-0.39, 0.29) is 0 Å². The molecule has 2 aromatic rings. The van der Waals surface area contributed by atoms with Gasteiger partial charge in [-0.25, -0.2) is 9.78 Å². The van der Waals surface area contributed by atoms with Gasteiger partial charge in [-0.1, -0.05) is 18.3 Å². The van der Waals surface area contributed by atoms with Crippen molar-refractivity contribution in [2.24, 2.45) is 5.10 Å². The van der Waals surface area contributed by atoms with E-state index >= 15 is 0 Å². The number of benzene rings is 1. The molecule has 0 aliphatic rings. The van der Waals surface area contributed by atoms with Gasteiger partial charge in [0.1, 0.15) is 4.88 Å². The fraction of sp³-hybridized carbons (Fsp3) is 0.389. The number of hydrazone groups is 1. The molecule has 0 atom stereocenters. The SMILES string of the molecule is CCCOc1c(Br)cc(/C=N\Nc2nc(C)c(C(=O)OC)s2)cc1OCC. The van der Waals surface area contributed by atoms with Crippen LogP contribution in [0, 0.1) is 6.92 Å². The van der Waals surface area contributed by atoms with Gasteiger partial charge in [0.15, 0.2) is 11.5 Å². The largest absolute Gasteiger partial charge is 0.490 e. The quantitative estimate of drug-likeness (QED) is 0.337. The van der Waals surface area contributed by atoms with Gasteiger partial charge in [0.25, 0.3) is 0 Å². The number of methoxy groups -OCH3 is 1. The number of thiazole rings is 1. The Hall–Kier alpha value is -2.13. The number of carbonyl (C=O) groups is 1. The molecule has 1 aromatic heterocycles. The van der Waals surface area contributed by atoms with Crippen molar-refractivity contribution in [3.05, 3.63) is 32.7 Å². The summed E-state index contributed by atoms with van der Waals surface area (Å²) in [6, 6.07) is 3.75. The van der Waals surface area contributed by atoms with Crippen molar-refractivity contribution in [3.8, 4) is 11.5 Å². The van der Waals surface area contributed by atoms with Gasteiger partial charge in [-0.3, -0.25) is 5.43 Å². The second-order valence-electron chi connectivity index (χ2n) is 5.41. The molecule has 146 valence electrons. The number of esters is 1. The second-order valence-corrected chi connectivity index (χ2v) is 7.26. The highest BCUT2D eigenvalue weighted by Crippen LogP contribution is 2.36. The topological polar surface area (TPSA) is 82.0 Å². The highest BCUT2D eigenvalue weighted by molar-refractivity contribution is 9.10. The summed E-state index contributed by atoms with van der Waals surface area (Å²) in [5, 5.41) is 4.70. The molecule has 0 aliphatic heterocycles. The lowest BCUT2D eigenvalue weighted by molar-refractivity contribution is 0.0605. The third-order valence-electron chi connectivity index (χ3n) is 3.32. The van der Waals surface area contributed by atoms with Crippen LogP contribution < -0.4 is 14.9 Å². The van der Waals surface area contributed by atoms with Crippen LogP contribution in [0.25, 0.3) is 0 Å². The van der Waals surface area contributed by atoms with Crippen molar-refractivity contribution < 1.29 is 19.0 Å². The van der Waals surface area contributed by atoms with E-state index in [1.165, 1.54) is 18.4 Å². The summed E-state index contributed by atoms with van der Waals surface area (Å²) in [5.74, 6) is 0.928. The van der Waals surface area contributed by atoms with Crippen LogP contribution in [0.3, 0.4) is 0 Å². The van der Waals surface area contributed by atoms with E-state index in [0.717, 1.165) is 16.5 Å². The Morgan fingerprint density at radius 1 is 1.37 bits per heavy atom. The molecule has 9 heteroatoms. The van der Waals surface area contributed by atoms with Crippen molar-refractivity contribution in [2.45, 2.75) is 27.2 Å². The molecule has 0 bridgehead atoms. The molecule has 7 nitrogen and oxygen atoms in total. The van der Waals surface area contributed by atoms with Crippen LogP contribution in [0.1, 0.15) is 41.2 Å². The van der Waals surface area contributed by atoms with Gasteiger partial charge in [0.2, 0.25) is 5.13 Å². The zero-order chi connectivity index (χ0) is 19.8. The summed E-state index contributed by atoms with van der Waals surface area (Å²) in [6.45, 7) is 6.86. The Kier molecular flexibility index (Phi) is 8.05. The molecule has 0 spiro atoms. The second kappa shape index (κ2) is 10.3. The standard InChI is InChI=1S/C18H22BrN3O4S/c1-5-7-26-15-13(19)8-12(9-14(15)25-6-2)10-20-22-18-21-11(3)16(27-18)17(23)24-4/h8-10H,5-7H2,1-4H3,(H,21,22)/b20-10-. The first kappa shape index (κ1) is 21.2. The van der Waals surface area contributed by atoms with Gasteiger partial charge >= 0.3 is 5.97 Å². The molecule has 27 heavy (non-hydrogen) atoms. The molecule has 0 fully saturated rings. The first-order valence-corrected chi connectivity index (χ1v) is 10.0. The van der Waals surface area contributed by atoms with Gasteiger partial charge < -0.3 is 14.2 Å². The number of aryl methyl sites for hydroxylation is 1. The molecule has 0 saturated carbocycles. The maximum absolute atomic E-state index is 11.6. The highest BCUT2D eigenvalue weighted by Gasteiger charge is 2.15. The van der Waals surface area contributed by atoms with Crippen molar-refractivity contribution in [2.75, 3.05) is 25.7 Å². The summed E-state index contributed by atoms with van der Waals surface area (Å²) < 4.78 is 17.0. The zero-order valence-corrected chi connectivity index (χ0v) is 18.1. The number of halogens is 1. The normalized spacial score (nSPS) is 10.9. The Bertz CT molecular complexity index is 823. The molecule has 1 heterocycles. The van der Waals surface area contributed by atoms with Gasteiger partial charge in [-0.2, -0.15) is 5.10 Å². The Morgan fingerprint density at radius 2 is 2.15 bits per heavy atom. The number of nitrogens with one attached hydrogen (secondary N) is 1. The van der Waals surface area contributed by atoms with Gasteiger partial charge in [-0.15, -0.1) is 0 Å². The third kappa shape index (κ3) is 5.67. The van der Waals surface area contributed by atoms with Crippen molar-refractivity contribution in [3.63, 3.8) is 0 Å². The summed E-state index contributed by atoms with van der Waals surface area (Å²) >= 11 is 4.71. The smallest absolute Gasteiger partial charge is 0.350 e. The van der Waals surface area contributed by atoms with Crippen LogP contribution in [-0.4, -0.2) is 37.5 Å². The minimum absolute atomic E-state index is 0.407. The number of hydrogen-bond acceptors (Lipinski definition) is 8. The van der Waals surface area contributed by atoms with Crippen LogP contribution in [0.5, 0.6) is 11.5 Å². The summed E-state index contributed by atoms with van der Waals surface area (Å²) in [4.78, 5) is 16.4. The Labute approximate surface area is 170 Å². The fourth-order valence-corrected chi connectivity index (χ4v) is 3.57. The van der Waals surface area contributed by atoms with Gasteiger partial charge in [0, 0.05) is 0 Å². The van der Waals surface area contributed by atoms with E-state index in [9.17, 15) is 4.79 Å². The van der Waals surface area contributed by atoms with Crippen LogP contribution in [0.2, 0.25) is 0 Å². The molecular formula is C18H22BrN3O4S. The van der Waals surface area contributed by atoms with E-state index in [1.807, 2.05) is 26.0 Å². The maximum atomic E-state index is 11.6. The minimum Gasteiger partial charge on any atom is -0.490 e. The lowest BCUT2D eigenvalue weighted by Crippen LogP contribution is -2.02. The number of hydrogen-bond donors (Lipinski definition) is 1. The molecule has 1 N–H and O–H groups in total. The van der Waals surface area contributed by atoms with Crippen LogP contribution in [-0.2, 0) is 4.74 Å². The lowest BCUT2D eigenvalue weighted by atomic mass is 10.2. The molecule has 0 radical (unpaired) electrons. The number of anilines is 1. The van der Waals surface area contributed by atoms with E-state index in [2.05, 4.69) is 31.4 Å². The predicted molar refractivity (Wildman–Crippen MR) is 111 cm³/mol. The maximum Gasteiger partial charge on any atom is 0.350 e. The van der Waals surface area contributed by atoms with E-state index in [4.69, 9.17) is 14.2 Å². The average molecular weight is 456 g/mol. The Balaban J connectivity index is 2.15. The molecule has 0 unspecified atom stereocenters. The van der Waals surface area contributed by atoms with Crippen LogP contribution in [0.4, 0.5) is 5.13 Å². The number of aromatic nitrogens is 1. The van der Waals surface area contributed by atoms with Crippen molar-refractivity contribution in [1.82, 2.24) is 4.98 Å². The molecule has 0 aliphatic carbocycles. The number of carbonyl (C=O) groups excluding carboxylic acids is 1. The predicted octanol–water partition coefficient (Wildman–Crippen LogP) is 4.63. The number of ether oxygens (including phenoxy) is 3. The fourth-order valence-electron chi connectivity index (χ4n) is 2.16. The van der Waals surface area contributed by atoms with Crippen LogP contribution in [0.15, 0.2) is 21.7 Å². The monoisotopic (exact) mass is 455 g/mol. The lowest BCUT2D eigenvalue weighted by Gasteiger charge is -2.14. The Morgan fingerprint density at radius 3 is 2.81 bits per heavy atom. The third-order valence-corrected chi connectivity index (χ3v) is 4.95. The molecule has 0 amide bonds. The molecule has 0 saturated heterocycles. The first-order chi connectivity index (χ1) is 13.0. The van der Waals surface area contributed by atoms with Crippen molar-refractivity contribution >= 4 is 44.6 Å². The summed E-state index contributed by atoms with van der Waals surface area (Å²) in [7, 11) is 1.34. The van der Waals surface area contributed by atoms with Gasteiger partial charge in [-0.05, 0) is 53.9 Å². The van der Waals surface area contributed by atoms with E-state index in [0.29, 0.717) is 40.4 Å². The zero-order valence-electron chi connectivity index (χ0n) is 15.7. The molecule has 2 rings (SSSR count). The van der Waals surface area contributed by atoms with E-state index < -0.39 is 5.97 Å². The van der Waals surface area contributed by atoms with Gasteiger partial charge in [0.05, 0.1) is 36.7 Å². The van der Waals surface area contributed by atoms with E-state index in [1.54, 1.807) is 13.1 Å². The van der Waals surface area contributed by atoms with Crippen molar-refractivity contribution in [1.29, 1.82) is 0 Å². The minimum atomic E-state index is -0.407. The number of nitrogens with zero attached hydrogens (tertiary/aromatic N) is 2. The average Bonchev–Trinajstić information content (AvgIpc) is 3.01. The molecular weight excluding hydrogens is 434 g/mol.